The van der Waals surface area contributed by atoms with Crippen molar-refractivity contribution in [2.45, 2.75) is 25.9 Å². The van der Waals surface area contributed by atoms with Gasteiger partial charge in [-0.25, -0.2) is 4.39 Å². The largest absolute Gasteiger partial charge is 0.484 e. The lowest BCUT2D eigenvalue weighted by Crippen LogP contribution is -2.47. The molecule has 0 unspecified atom stereocenters. The Morgan fingerprint density at radius 3 is 2.94 bits per heavy atom. The monoisotopic (exact) mass is 238 g/mol. The van der Waals surface area contributed by atoms with E-state index in [1.54, 1.807) is 6.07 Å². The molecule has 1 aromatic carbocycles. The van der Waals surface area contributed by atoms with E-state index in [1.807, 2.05) is 13.8 Å². The molecule has 0 saturated carbocycles. The molecule has 1 aliphatic heterocycles. The highest BCUT2D eigenvalue weighted by molar-refractivity contribution is 5.60. The van der Waals surface area contributed by atoms with Gasteiger partial charge in [0.05, 0.1) is 12.2 Å². The predicted molar refractivity (Wildman–Crippen MR) is 67.0 cm³/mol. The summed E-state index contributed by atoms with van der Waals surface area (Å²) in [5.41, 5.74) is 6.11. The SMILES string of the molecule is CC1(C)CN(CCCN)c2cc(F)ccc2O1. The van der Waals surface area contributed by atoms with Gasteiger partial charge in [0, 0.05) is 12.6 Å². The zero-order valence-corrected chi connectivity index (χ0v) is 10.4. The normalized spacial score (nSPS) is 17.5. The number of nitrogens with two attached hydrogens (primary N) is 1. The predicted octanol–water partition coefficient (Wildman–Crippen LogP) is 2.15. The van der Waals surface area contributed by atoms with Crippen LogP contribution in [0.15, 0.2) is 18.2 Å². The van der Waals surface area contributed by atoms with E-state index in [0.29, 0.717) is 6.54 Å². The van der Waals surface area contributed by atoms with E-state index in [9.17, 15) is 4.39 Å². The molecule has 17 heavy (non-hydrogen) atoms. The highest BCUT2D eigenvalue weighted by atomic mass is 19.1. The summed E-state index contributed by atoms with van der Waals surface area (Å²) < 4.78 is 19.1. The van der Waals surface area contributed by atoms with Crippen molar-refractivity contribution < 1.29 is 9.13 Å². The molecule has 1 aromatic rings. The zero-order chi connectivity index (χ0) is 12.5. The van der Waals surface area contributed by atoms with Crippen LogP contribution in [-0.2, 0) is 0 Å². The molecule has 1 heterocycles. The molecule has 2 N–H and O–H groups in total. The van der Waals surface area contributed by atoms with Crippen LogP contribution in [0.3, 0.4) is 0 Å². The van der Waals surface area contributed by atoms with Crippen LogP contribution in [0.25, 0.3) is 0 Å². The van der Waals surface area contributed by atoms with Gasteiger partial charge in [0.15, 0.2) is 0 Å². The molecule has 3 nitrogen and oxygen atoms in total. The van der Waals surface area contributed by atoms with Crippen molar-refractivity contribution in [1.29, 1.82) is 0 Å². The van der Waals surface area contributed by atoms with Crippen molar-refractivity contribution in [2.75, 3.05) is 24.5 Å². The smallest absolute Gasteiger partial charge is 0.143 e. The van der Waals surface area contributed by atoms with Gasteiger partial charge in [0.25, 0.3) is 0 Å². The molecule has 0 bridgehead atoms. The van der Waals surface area contributed by atoms with E-state index in [4.69, 9.17) is 10.5 Å². The number of benzene rings is 1. The van der Waals surface area contributed by atoms with Crippen molar-refractivity contribution in [1.82, 2.24) is 0 Å². The van der Waals surface area contributed by atoms with Crippen LogP contribution < -0.4 is 15.4 Å². The molecule has 4 heteroatoms. The Morgan fingerprint density at radius 1 is 1.47 bits per heavy atom. The minimum absolute atomic E-state index is 0.232. The van der Waals surface area contributed by atoms with Crippen molar-refractivity contribution in [3.63, 3.8) is 0 Å². The maximum absolute atomic E-state index is 13.3. The summed E-state index contributed by atoms with van der Waals surface area (Å²) in [6.07, 6.45) is 0.895. The van der Waals surface area contributed by atoms with Gasteiger partial charge in [0.2, 0.25) is 0 Å². The second-order valence-corrected chi connectivity index (χ2v) is 5.04. The fourth-order valence-corrected chi connectivity index (χ4v) is 2.18. The second kappa shape index (κ2) is 4.53. The highest BCUT2D eigenvalue weighted by Crippen LogP contribution is 2.37. The van der Waals surface area contributed by atoms with Gasteiger partial charge >= 0.3 is 0 Å². The summed E-state index contributed by atoms with van der Waals surface area (Å²) in [5.74, 6) is 0.518. The van der Waals surface area contributed by atoms with Gasteiger partial charge in [0.1, 0.15) is 17.2 Å². The lowest BCUT2D eigenvalue weighted by atomic mass is 10.0. The van der Waals surface area contributed by atoms with E-state index < -0.39 is 0 Å². The van der Waals surface area contributed by atoms with Crippen LogP contribution in [0, 0.1) is 5.82 Å². The van der Waals surface area contributed by atoms with Gasteiger partial charge < -0.3 is 15.4 Å². The molecular formula is C13H19FN2O. The molecule has 0 radical (unpaired) electrons. The lowest BCUT2D eigenvalue weighted by molar-refractivity contribution is 0.105. The van der Waals surface area contributed by atoms with E-state index in [1.165, 1.54) is 12.1 Å². The third-order valence-corrected chi connectivity index (χ3v) is 2.85. The molecule has 0 atom stereocenters. The Bertz CT molecular complexity index is 406. The van der Waals surface area contributed by atoms with Crippen LogP contribution in [-0.4, -0.2) is 25.2 Å². The number of fused-ring (bicyclic) bond motifs is 1. The number of ether oxygens (including phenoxy) is 1. The first kappa shape index (κ1) is 12.2. The van der Waals surface area contributed by atoms with Gasteiger partial charge in [-0.05, 0) is 38.9 Å². The van der Waals surface area contributed by atoms with E-state index >= 15 is 0 Å². The Labute approximate surface area is 101 Å². The quantitative estimate of drug-likeness (QED) is 0.877. The van der Waals surface area contributed by atoms with Gasteiger partial charge in [-0.1, -0.05) is 0 Å². The molecule has 94 valence electrons. The maximum atomic E-state index is 13.3. The molecule has 0 saturated heterocycles. The van der Waals surface area contributed by atoms with Crippen LogP contribution in [0.1, 0.15) is 20.3 Å². The first-order valence-electron chi connectivity index (χ1n) is 5.95. The third kappa shape index (κ3) is 2.69. The van der Waals surface area contributed by atoms with Crippen LogP contribution in [0.2, 0.25) is 0 Å². The van der Waals surface area contributed by atoms with Crippen LogP contribution >= 0.6 is 0 Å². The fourth-order valence-electron chi connectivity index (χ4n) is 2.18. The van der Waals surface area contributed by atoms with Crippen molar-refractivity contribution in [3.05, 3.63) is 24.0 Å². The molecule has 0 fully saturated rings. The number of hydrogen-bond acceptors (Lipinski definition) is 3. The first-order valence-corrected chi connectivity index (χ1v) is 5.95. The zero-order valence-electron chi connectivity index (χ0n) is 10.4. The fraction of sp³-hybridized carbons (Fsp3) is 0.538. The van der Waals surface area contributed by atoms with Crippen molar-refractivity contribution in [3.8, 4) is 5.75 Å². The topological polar surface area (TPSA) is 38.5 Å². The number of nitrogens with zero attached hydrogens (tertiary/aromatic N) is 1. The van der Waals surface area contributed by atoms with Crippen LogP contribution in [0.5, 0.6) is 5.75 Å². The van der Waals surface area contributed by atoms with Gasteiger partial charge in [-0.3, -0.25) is 0 Å². The number of rotatable bonds is 3. The Kier molecular flexibility index (Phi) is 3.24. The standard InChI is InChI=1S/C13H19FN2O/c1-13(2)9-16(7-3-6-15)11-8-10(14)4-5-12(11)17-13/h4-5,8H,3,6-7,9,15H2,1-2H3. The Balaban J connectivity index is 2.30. The summed E-state index contributed by atoms with van der Waals surface area (Å²) in [5, 5.41) is 0. The minimum atomic E-state index is -0.251. The summed E-state index contributed by atoms with van der Waals surface area (Å²) >= 11 is 0. The van der Waals surface area contributed by atoms with Crippen molar-refractivity contribution in [2.24, 2.45) is 5.73 Å². The summed E-state index contributed by atoms with van der Waals surface area (Å²) in [7, 11) is 0. The number of anilines is 1. The molecule has 0 aliphatic carbocycles. The van der Waals surface area contributed by atoms with Gasteiger partial charge in [-0.2, -0.15) is 0 Å². The minimum Gasteiger partial charge on any atom is -0.484 e. The molecule has 0 amide bonds. The molecule has 0 spiro atoms. The molecule has 1 aliphatic rings. The summed E-state index contributed by atoms with van der Waals surface area (Å²) in [6, 6.07) is 4.66. The molecule has 0 aromatic heterocycles. The van der Waals surface area contributed by atoms with Crippen LogP contribution in [0.4, 0.5) is 10.1 Å². The average molecular weight is 238 g/mol. The number of hydrogen-bond donors (Lipinski definition) is 1. The van der Waals surface area contributed by atoms with Gasteiger partial charge in [-0.15, -0.1) is 0 Å². The highest BCUT2D eigenvalue weighted by Gasteiger charge is 2.31. The first-order chi connectivity index (χ1) is 8.02. The third-order valence-electron chi connectivity index (χ3n) is 2.85. The maximum Gasteiger partial charge on any atom is 0.143 e. The van der Waals surface area contributed by atoms with E-state index in [2.05, 4.69) is 4.90 Å². The molecule has 2 rings (SSSR count). The Hall–Kier alpha value is -1.29. The summed E-state index contributed by atoms with van der Waals surface area (Å²) in [6.45, 7) is 6.30. The molecular weight excluding hydrogens is 219 g/mol. The summed E-state index contributed by atoms with van der Waals surface area (Å²) in [4.78, 5) is 2.15. The van der Waals surface area contributed by atoms with E-state index in [0.717, 1.165) is 30.9 Å². The lowest BCUT2D eigenvalue weighted by Gasteiger charge is -2.41. The average Bonchev–Trinajstić information content (AvgIpc) is 2.26. The Morgan fingerprint density at radius 2 is 2.24 bits per heavy atom. The second-order valence-electron chi connectivity index (χ2n) is 5.04. The van der Waals surface area contributed by atoms with E-state index in [-0.39, 0.29) is 11.4 Å². The van der Waals surface area contributed by atoms with Crippen molar-refractivity contribution >= 4 is 5.69 Å². The number of halogens is 1.